The van der Waals surface area contributed by atoms with Crippen LogP contribution in [0.2, 0.25) is 0 Å². The van der Waals surface area contributed by atoms with Gasteiger partial charge in [0.2, 0.25) is 0 Å². The van der Waals surface area contributed by atoms with Crippen LogP contribution in [-0.2, 0) is 0 Å². The van der Waals surface area contributed by atoms with Crippen LogP contribution in [0.25, 0.3) is 0 Å². The van der Waals surface area contributed by atoms with E-state index in [4.69, 9.17) is 5.73 Å². The topological polar surface area (TPSA) is 75.4 Å². The van der Waals surface area contributed by atoms with Crippen LogP contribution in [0.3, 0.4) is 0 Å². The number of halogens is 1. The van der Waals surface area contributed by atoms with Crippen LogP contribution in [-0.4, -0.2) is 23.7 Å². The van der Waals surface area contributed by atoms with Gasteiger partial charge in [-0.15, -0.1) is 0 Å². The summed E-state index contributed by atoms with van der Waals surface area (Å²) in [7, 11) is 0. The monoisotopic (exact) mass is 252 g/mol. The maximum Gasteiger partial charge on any atom is 0.251 e. The van der Waals surface area contributed by atoms with Crippen LogP contribution in [0, 0.1) is 11.7 Å². The van der Waals surface area contributed by atoms with Gasteiger partial charge in [0, 0.05) is 29.8 Å². The van der Waals surface area contributed by atoms with Crippen molar-refractivity contribution in [2.45, 2.75) is 25.3 Å². The number of nitrogen functional groups attached to an aromatic ring is 1. The van der Waals surface area contributed by atoms with Gasteiger partial charge in [-0.25, -0.2) is 4.39 Å². The van der Waals surface area contributed by atoms with Gasteiger partial charge in [0.25, 0.3) is 5.91 Å². The lowest BCUT2D eigenvalue weighted by Crippen LogP contribution is -2.38. The van der Waals surface area contributed by atoms with Gasteiger partial charge >= 0.3 is 0 Å². The molecule has 5 heteroatoms. The molecule has 0 aliphatic heterocycles. The second kappa shape index (κ2) is 5.35. The zero-order valence-electron chi connectivity index (χ0n) is 10.0. The average molecular weight is 252 g/mol. The molecule has 2 unspecified atom stereocenters. The first-order chi connectivity index (χ1) is 8.60. The van der Waals surface area contributed by atoms with Gasteiger partial charge in [0.05, 0.1) is 0 Å². The van der Waals surface area contributed by atoms with E-state index in [0.29, 0.717) is 0 Å². The highest BCUT2D eigenvalue weighted by Crippen LogP contribution is 2.25. The minimum atomic E-state index is -0.523. The molecule has 18 heavy (non-hydrogen) atoms. The van der Waals surface area contributed by atoms with E-state index in [9.17, 15) is 14.3 Å². The molecule has 1 saturated carbocycles. The van der Waals surface area contributed by atoms with E-state index >= 15 is 0 Å². The molecule has 4 N–H and O–H groups in total. The van der Waals surface area contributed by atoms with E-state index in [-0.39, 0.29) is 35.7 Å². The average Bonchev–Trinajstić information content (AvgIpc) is 2.75. The number of anilines is 1. The molecule has 1 amide bonds. The van der Waals surface area contributed by atoms with Gasteiger partial charge in [-0.1, -0.05) is 6.42 Å². The second-order valence-electron chi connectivity index (χ2n) is 4.73. The van der Waals surface area contributed by atoms with Crippen molar-refractivity contribution in [3.05, 3.63) is 29.6 Å². The minimum absolute atomic E-state index is 0.0352. The summed E-state index contributed by atoms with van der Waals surface area (Å²) in [5, 5.41) is 12.0. The fraction of sp³-hybridized carbons (Fsp3) is 0.462. The van der Waals surface area contributed by atoms with Crippen molar-refractivity contribution in [3.63, 3.8) is 0 Å². The summed E-state index contributed by atoms with van der Waals surface area (Å²) >= 11 is 0. The van der Waals surface area contributed by atoms with Gasteiger partial charge in [-0.05, 0) is 31.0 Å². The number of hydrogen-bond acceptors (Lipinski definition) is 3. The highest BCUT2D eigenvalue weighted by Gasteiger charge is 2.28. The molecule has 98 valence electrons. The highest BCUT2D eigenvalue weighted by molar-refractivity contribution is 5.95. The Morgan fingerprint density at radius 2 is 2.22 bits per heavy atom. The Hall–Kier alpha value is -1.62. The molecule has 0 radical (unpaired) electrons. The fourth-order valence-electron chi connectivity index (χ4n) is 2.44. The number of amides is 1. The number of benzene rings is 1. The molecule has 0 spiro atoms. The minimum Gasteiger partial charge on any atom is -0.399 e. The Bertz CT molecular complexity index is 430. The Labute approximate surface area is 105 Å². The molecule has 2 rings (SSSR count). The van der Waals surface area contributed by atoms with E-state index in [1.165, 1.54) is 12.1 Å². The van der Waals surface area contributed by atoms with E-state index in [0.717, 1.165) is 25.3 Å². The molecule has 1 aliphatic carbocycles. The fourth-order valence-corrected chi connectivity index (χ4v) is 2.44. The standard InChI is InChI=1S/C13H17FN2O2/c14-10-4-9(5-11(15)6-10)13(18)16-12-3-1-2-8(12)7-17/h4-6,8,12,17H,1-3,7,15H2,(H,16,18). The van der Waals surface area contributed by atoms with Gasteiger partial charge in [0.1, 0.15) is 5.82 Å². The lowest BCUT2D eigenvalue weighted by Gasteiger charge is -2.19. The van der Waals surface area contributed by atoms with Gasteiger partial charge in [-0.2, -0.15) is 0 Å². The van der Waals surface area contributed by atoms with Crippen molar-refractivity contribution in [3.8, 4) is 0 Å². The summed E-state index contributed by atoms with van der Waals surface area (Å²) in [4.78, 5) is 12.0. The van der Waals surface area contributed by atoms with E-state index < -0.39 is 5.82 Å². The number of aliphatic hydroxyl groups is 1. The van der Waals surface area contributed by atoms with Gasteiger partial charge < -0.3 is 16.2 Å². The Morgan fingerprint density at radius 1 is 1.44 bits per heavy atom. The predicted molar refractivity (Wildman–Crippen MR) is 66.5 cm³/mol. The first kappa shape index (κ1) is 12.8. The molecule has 1 fully saturated rings. The number of carbonyl (C=O) groups is 1. The summed E-state index contributed by atoms with van der Waals surface area (Å²) in [6.45, 7) is 0.0657. The lowest BCUT2D eigenvalue weighted by molar-refractivity contribution is 0.0915. The van der Waals surface area contributed by atoms with Crippen LogP contribution < -0.4 is 11.1 Å². The molecule has 2 atom stereocenters. The molecule has 1 aliphatic rings. The third kappa shape index (κ3) is 2.79. The number of carbonyl (C=O) groups excluding carboxylic acids is 1. The van der Waals surface area contributed by atoms with E-state index in [1.54, 1.807) is 0 Å². The van der Waals surface area contributed by atoms with E-state index in [2.05, 4.69) is 5.32 Å². The van der Waals surface area contributed by atoms with E-state index in [1.807, 2.05) is 0 Å². The van der Waals surface area contributed by atoms with Crippen molar-refractivity contribution in [2.24, 2.45) is 5.92 Å². The number of nitrogens with two attached hydrogens (primary N) is 1. The molecule has 0 heterocycles. The highest BCUT2D eigenvalue weighted by atomic mass is 19.1. The number of rotatable bonds is 3. The summed E-state index contributed by atoms with van der Waals surface area (Å²) in [5.41, 5.74) is 5.94. The maximum atomic E-state index is 13.1. The smallest absolute Gasteiger partial charge is 0.251 e. The van der Waals surface area contributed by atoms with Crippen molar-refractivity contribution in [1.29, 1.82) is 0 Å². The van der Waals surface area contributed by atoms with Crippen molar-refractivity contribution < 1.29 is 14.3 Å². The summed E-state index contributed by atoms with van der Waals surface area (Å²) in [6, 6.07) is 3.74. The zero-order chi connectivity index (χ0) is 13.1. The van der Waals surface area contributed by atoms with Gasteiger partial charge in [0.15, 0.2) is 0 Å². The van der Waals surface area contributed by atoms with Crippen LogP contribution in [0.4, 0.5) is 10.1 Å². The third-order valence-corrected chi connectivity index (χ3v) is 3.39. The first-order valence-corrected chi connectivity index (χ1v) is 6.08. The van der Waals surface area contributed by atoms with Crippen LogP contribution in [0.15, 0.2) is 18.2 Å². The number of nitrogens with one attached hydrogen (secondary N) is 1. The molecule has 0 aromatic heterocycles. The number of aliphatic hydroxyl groups excluding tert-OH is 1. The summed E-state index contributed by atoms with van der Waals surface area (Å²) in [6.07, 6.45) is 2.75. The number of hydrogen-bond donors (Lipinski definition) is 3. The third-order valence-electron chi connectivity index (χ3n) is 3.39. The first-order valence-electron chi connectivity index (χ1n) is 6.08. The predicted octanol–water partition coefficient (Wildman–Crippen LogP) is 1.30. The Morgan fingerprint density at radius 3 is 2.89 bits per heavy atom. The van der Waals surface area contributed by atoms with Crippen LogP contribution >= 0.6 is 0 Å². The molecule has 0 saturated heterocycles. The molecule has 1 aromatic carbocycles. The van der Waals surface area contributed by atoms with Crippen molar-refractivity contribution >= 4 is 11.6 Å². The lowest BCUT2D eigenvalue weighted by atomic mass is 10.0. The maximum absolute atomic E-state index is 13.1. The molecule has 4 nitrogen and oxygen atoms in total. The molecular weight excluding hydrogens is 235 g/mol. The quantitative estimate of drug-likeness (QED) is 0.710. The zero-order valence-corrected chi connectivity index (χ0v) is 10.0. The Balaban J connectivity index is 2.07. The molecule has 0 bridgehead atoms. The van der Waals surface area contributed by atoms with Crippen molar-refractivity contribution in [1.82, 2.24) is 5.32 Å². The summed E-state index contributed by atoms with van der Waals surface area (Å²) in [5.74, 6) is -0.767. The molecular formula is C13H17FN2O2. The van der Waals surface area contributed by atoms with Crippen LogP contribution in [0.5, 0.6) is 0 Å². The normalized spacial score (nSPS) is 23.0. The largest absolute Gasteiger partial charge is 0.399 e. The van der Waals surface area contributed by atoms with Crippen LogP contribution in [0.1, 0.15) is 29.6 Å². The van der Waals surface area contributed by atoms with Crippen molar-refractivity contribution in [2.75, 3.05) is 12.3 Å². The molecule has 1 aromatic rings. The second-order valence-corrected chi connectivity index (χ2v) is 4.73. The van der Waals surface area contributed by atoms with Gasteiger partial charge in [-0.3, -0.25) is 4.79 Å². The summed E-state index contributed by atoms with van der Waals surface area (Å²) < 4.78 is 13.1. The Kier molecular flexibility index (Phi) is 3.81. The SMILES string of the molecule is Nc1cc(F)cc(C(=O)NC2CCCC2CO)c1.